The highest BCUT2D eigenvalue weighted by atomic mass is 32.1. The van der Waals surface area contributed by atoms with E-state index < -0.39 is 0 Å². The maximum atomic E-state index is 11.6. The van der Waals surface area contributed by atoms with Crippen molar-refractivity contribution in [3.05, 3.63) is 11.1 Å². The second kappa shape index (κ2) is 5.95. The molecular weight excluding hydrogens is 250 g/mol. The maximum absolute atomic E-state index is 11.6. The molecule has 0 spiro atoms. The van der Waals surface area contributed by atoms with E-state index in [1.54, 1.807) is 4.90 Å². The Kier molecular flexibility index (Phi) is 4.30. The van der Waals surface area contributed by atoms with Crippen LogP contribution in [0.15, 0.2) is 5.38 Å². The molecule has 0 aromatic carbocycles. The molecule has 0 radical (unpaired) electrons. The van der Waals surface area contributed by atoms with E-state index in [9.17, 15) is 9.59 Å². The van der Waals surface area contributed by atoms with Crippen molar-refractivity contribution in [2.24, 2.45) is 0 Å². The van der Waals surface area contributed by atoms with Crippen molar-refractivity contribution in [1.29, 1.82) is 0 Å². The molecule has 0 saturated carbocycles. The summed E-state index contributed by atoms with van der Waals surface area (Å²) < 4.78 is 0. The lowest BCUT2D eigenvalue weighted by Crippen LogP contribution is -2.26. The Labute approximate surface area is 110 Å². The van der Waals surface area contributed by atoms with Gasteiger partial charge in [-0.2, -0.15) is 0 Å². The quantitative estimate of drug-likeness (QED) is 0.875. The van der Waals surface area contributed by atoms with E-state index in [2.05, 4.69) is 10.3 Å². The number of rotatable bonds is 5. The number of nitrogens with zero attached hydrogens (tertiary/aromatic N) is 2. The third-order valence-corrected chi connectivity index (χ3v) is 3.67. The minimum Gasteiger partial charge on any atom is -0.356 e. The lowest BCUT2D eigenvalue weighted by Gasteiger charge is -2.10. The summed E-state index contributed by atoms with van der Waals surface area (Å²) in [6, 6.07) is 0. The number of hydrogen-bond acceptors (Lipinski definition) is 4. The van der Waals surface area contributed by atoms with Gasteiger partial charge in [-0.05, 0) is 12.8 Å². The van der Waals surface area contributed by atoms with Crippen LogP contribution in [-0.4, -0.2) is 29.9 Å². The minimum atomic E-state index is -0.0125. The van der Waals surface area contributed by atoms with Crippen molar-refractivity contribution in [3.63, 3.8) is 0 Å². The molecule has 1 fully saturated rings. The molecule has 0 unspecified atom stereocenters. The number of hydrogen-bond donors (Lipinski definition) is 1. The summed E-state index contributed by atoms with van der Waals surface area (Å²) in [5.41, 5.74) is 0.739. The molecule has 1 aromatic heterocycles. The Balaban J connectivity index is 1.93. The Hall–Kier alpha value is -1.43. The fourth-order valence-corrected chi connectivity index (χ4v) is 2.71. The molecular formula is C12H17N3O2S. The molecule has 0 bridgehead atoms. The molecule has 1 aromatic rings. The average Bonchev–Trinajstić information content (AvgIpc) is 2.95. The second-order valence-electron chi connectivity index (χ2n) is 4.30. The Bertz CT molecular complexity index is 444. The number of amides is 2. The van der Waals surface area contributed by atoms with E-state index in [4.69, 9.17) is 0 Å². The molecule has 5 nitrogen and oxygen atoms in total. The first kappa shape index (κ1) is 13.0. The lowest BCUT2D eigenvalue weighted by molar-refractivity contribution is -0.120. The molecule has 2 heterocycles. The SMILES string of the molecule is CCCNC(=O)Cc1csc(N2CCCC2=O)n1. The van der Waals surface area contributed by atoms with E-state index in [1.165, 1.54) is 11.3 Å². The van der Waals surface area contributed by atoms with Crippen molar-refractivity contribution in [1.82, 2.24) is 10.3 Å². The third-order valence-electron chi connectivity index (χ3n) is 2.76. The van der Waals surface area contributed by atoms with Crippen LogP contribution < -0.4 is 10.2 Å². The number of anilines is 1. The van der Waals surface area contributed by atoms with Gasteiger partial charge < -0.3 is 5.32 Å². The second-order valence-corrected chi connectivity index (χ2v) is 5.13. The molecule has 2 rings (SSSR count). The van der Waals surface area contributed by atoms with E-state index in [-0.39, 0.29) is 11.8 Å². The molecule has 98 valence electrons. The number of carbonyl (C=O) groups is 2. The summed E-state index contributed by atoms with van der Waals surface area (Å²) in [5.74, 6) is 0.118. The fraction of sp³-hybridized carbons (Fsp3) is 0.583. The highest BCUT2D eigenvalue weighted by Gasteiger charge is 2.24. The fourth-order valence-electron chi connectivity index (χ4n) is 1.84. The number of aromatic nitrogens is 1. The molecule has 1 N–H and O–H groups in total. The van der Waals surface area contributed by atoms with Gasteiger partial charge >= 0.3 is 0 Å². The van der Waals surface area contributed by atoms with Crippen molar-refractivity contribution in [2.75, 3.05) is 18.0 Å². The van der Waals surface area contributed by atoms with Crippen LogP contribution in [0.5, 0.6) is 0 Å². The predicted octanol–water partition coefficient (Wildman–Crippen LogP) is 1.34. The number of nitrogens with one attached hydrogen (secondary N) is 1. The summed E-state index contributed by atoms with van der Waals surface area (Å²) in [6.45, 7) is 3.45. The van der Waals surface area contributed by atoms with Crippen LogP contribution in [0.4, 0.5) is 5.13 Å². The van der Waals surface area contributed by atoms with Crippen LogP contribution >= 0.6 is 11.3 Å². The Morgan fingerprint density at radius 1 is 1.61 bits per heavy atom. The minimum absolute atomic E-state index is 0.0125. The van der Waals surface area contributed by atoms with Crippen LogP contribution in [0.1, 0.15) is 31.9 Å². The predicted molar refractivity (Wildman–Crippen MR) is 70.7 cm³/mol. The zero-order valence-electron chi connectivity index (χ0n) is 10.4. The first-order valence-corrected chi connectivity index (χ1v) is 7.10. The molecule has 18 heavy (non-hydrogen) atoms. The van der Waals surface area contributed by atoms with Crippen molar-refractivity contribution in [2.45, 2.75) is 32.6 Å². The van der Waals surface area contributed by atoms with Gasteiger partial charge in [0.05, 0.1) is 12.1 Å². The summed E-state index contributed by atoms with van der Waals surface area (Å²) in [6.07, 6.45) is 2.71. The van der Waals surface area contributed by atoms with Crippen molar-refractivity contribution in [3.8, 4) is 0 Å². The highest BCUT2D eigenvalue weighted by Crippen LogP contribution is 2.25. The van der Waals surface area contributed by atoms with Gasteiger partial charge in [0.15, 0.2) is 5.13 Å². The molecule has 0 aliphatic carbocycles. The van der Waals surface area contributed by atoms with Gasteiger partial charge in [0.1, 0.15) is 0 Å². The summed E-state index contributed by atoms with van der Waals surface area (Å²) in [4.78, 5) is 29.2. The van der Waals surface area contributed by atoms with Crippen LogP contribution in [0.2, 0.25) is 0 Å². The summed E-state index contributed by atoms with van der Waals surface area (Å²) in [5, 5.41) is 5.39. The normalized spacial score (nSPS) is 15.2. The number of thiazole rings is 1. The monoisotopic (exact) mass is 267 g/mol. The standard InChI is InChI=1S/C12H17N3O2S/c1-2-5-13-10(16)7-9-8-18-12(14-9)15-6-3-4-11(15)17/h8H,2-7H2,1H3,(H,13,16). The zero-order valence-corrected chi connectivity index (χ0v) is 11.3. The smallest absolute Gasteiger partial charge is 0.228 e. The van der Waals surface area contributed by atoms with E-state index in [0.717, 1.165) is 30.2 Å². The van der Waals surface area contributed by atoms with Gasteiger partial charge in [-0.15, -0.1) is 11.3 Å². The van der Waals surface area contributed by atoms with E-state index >= 15 is 0 Å². The summed E-state index contributed by atoms with van der Waals surface area (Å²) >= 11 is 1.43. The Morgan fingerprint density at radius 3 is 3.11 bits per heavy atom. The lowest BCUT2D eigenvalue weighted by atomic mass is 10.3. The molecule has 1 saturated heterocycles. The molecule has 6 heteroatoms. The number of carbonyl (C=O) groups excluding carboxylic acids is 2. The topological polar surface area (TPSA) is 62.3 Å². The van der Waals surface area contributed by atoms with Gasteiger partial charge in [0.2, 0.25) is 11.8 Å². The van der Waals surface area contributed by atoms with Gasteiger partial charge in [0, 0.05) is 24.9 Å². The molecule has 1 aliphatic rings. The zero-order chi connectivity index (χ0) is 13.0. The van der Waals surface area contributed by atoms with Gasteiger partial charge in [-0.1, -0.05) is 6.92 Å². The molecule has 1 aliphatic heterocycles. The van der Waals surface area contributed by atoms with Gasteiger partial charge in [0.25, 0.3) is 0 Å². The van der Waals surface area contributed by atoms with Crippen LogP contribution in [0.3, 0.4) is 0 Å². The van der Waals surface area contributed by atoms with Crippen molar-refractivity contribution < 1.29 is 9.59 Å². The highest BCUT2D eigenvalue weighted by molar-refractivity contribution is 7.14. The maximum Gasteiger partial charge on any atom is 0.228 e. The van der Waals surface area contributed by atoms with Crippen LogP contribution in [0.25, 0.3) is 0 Å². The van der Waals surface area contributed by atoms with Gasteiger partial charge in [-0.3, -0.25) is 14.5 Å². The first-order chi connectivity index (χ1) is 8.70. The van der Waals surface area contributed by atoms with Gasteiger partial charge in [-0.25, -0.2) is 4.98 Å². The van der Waals surface area contributed by atoms with E-state index in [1.807, 2.05) is 12.3 Å². The Morgan fingerprint density at radius 2 is 2.44 bits per heavy atom. The molecule has 0 atom stereocenters. The summed E-state index contributed by atoms with van der Waals surface area (Å²) in [7, 11) is 0. The van der Waals surface area contributed by atoms with Crippen LogP contribution in [0, 0.1) is 0 Å². The van der Waals surface area contributed by atoms with Crippen LogP contribution in [-0.2, 0) is 16.0 Å². The largest absolute Gasteiger partial charge is 0.356 e. The first-order valence-electron chi connectivity index (χ1n) is 6.22. The van der Waals surface area contributed by atoms with Crippen molar-refractivity contribution >= 4 is 28.3 Å². The third kappa shape index (κ3) is 3.07. The van der Waals surface area contributed by atoms with E-state index in [0.29, 0.717) is 19.4 Å². The average molecular weight is 267 g/mol. The molecule has 2 amide bonds.